The van der Waals surface area contributed by atoms with Gasteiger partial charge in [0.05, 0.1) is 17.1 Å². The van der Waals surface area contributed by atoms with E-state index >= 15 is 0 Å². The predicted octanol–water partition coefficient (Wildman–Crippen LogP) is 2.10. The van der Waals surface area contributed by atoms with Crippen LogP contribution in [0.2, 0.25) is 0 Å². The molecule has 0 aliphatic heterocycles. The van der Waals surface area contributed by atoms with Crippen LogP contribution in [0.5, 0.6) is 5.75 Å². The number of rotatable bonds is 3. The van der Waals surface area contributed by atoms with Crippen LogP contribution in [0.3, 0.4) is 0 Å². The zero-order valence-corrected chi connectivity index (χ0v) is 7.47. The first-order chi connectivity index (χ1) is 6.22. The Kier molecular flexibility index (Phi) is 3.08. The molecular formula is C8H10N3O2+. The van der Waals surface area contributed by atoms with Gasteiger partial charge >= 0.3 is 0 Å². The van der Waals surface area contributed by atoms with E-state index in [2.05, 4.69) is 10.3 Å². The van der Waals surface area contributed by atoms with Gasteiger partial charge in [-0.05, 0) is 29.2 Å². The van der Waals surface area contributed by atoms with Crippen molar-refractivity contribution >= 4 is 5.69 Å². The maximum atomic E-state index is 10.4. The van der Waals surface area contributed by atoms with E-state index in [0.29, 0.717) is 10.6 Å². The summed E-state index contributed by atoms with van der Waals surface area (Å²) in [6.45, 7) is 0. The van der Waals surface area contributed by atoms with Crippen molar-refractivity contribution in [3.63, 3.8) is 0 Å². The number of methoxy groups -OCH3 is 1. The molecule has 0 spiro atoms. The molecule has 0 bridgehead atoms. The van der Waals surface area contributed by atoms with E-state index < -0.39 is 0 Å². The minimum absolute atomic E-state index is 0.393. The molecule has 0 atom stereocenters. The molecule has 68 valence electrons. The highest BCUT2D eigenvalue weighted by atomic mass is 16.5. The molecule has 5 nitrogen and oxygen atoms in total. The molecule has 0 radical (unpaired) electrons. The second kappa shape index (κ2) is 4.30. The van der Waals surface area contributed by atoms with Crippen LogP contribution in [0.15, 0.2) is 34.6 Å². The van der Waals surface area contributed by atoms with Crippen molar-refractivity contribution in [2.75, 3.05) is 14.2 Å². The lowest BCUT2D eigenvalue weighted by atomic mass is 10.3. The number of nitroso groups, excluding NO2 is 1. The number of benzene rings is 1. The fourth-order valence-electron chi connectivity index (χ4n) is 0.764. The van der Waals surface area contributed by atoms with Gasteiger partial charge in [0.15, 0.2) is 5.22 Å². The summed E-state index contributed by atoms with van der Waals surface area (Å²) >= 11 is 0. The van der Waals surface area contributed by atoms with Gasteiger partial charge in [-0.1, -0.05) is 0 Å². The molecule has 0 aliphatic rings. The quantitative estimate of drug-likeness (QED) is 0.406. The van der Waals surface area contributed by atoms with Crippen molar-refractivity contribution in [1.29, 1.82) is 0 Å². The molecule has 0 saturated carbocycles. The lowest BCUT2D eigenvalue weighted by molar-refractivity contribution is -0.532. The van der Waals surface area contributed by atoms with Gasteiger partial charge in [0.25, 0.3) is 0 Å². The Morgan fingerprint density at radius 3 is 2.38 bits per heavy atom. The minimum Gasteiger partial charge on any atom is -0.497 e. The molecule has 13 heavy (non-hydrogen) atoms. The van der Waals surface area contributed by atoms with Crippen LogP contribution >= 0.6 is 0 Å². The Bertz CT molecular complexity index is 319. The number of hydrogen-bond acceptors (Lipinski definition) is 3. The van der Waals surface area contributed by atoms with E-state index in [1.807, 2.05) is 0 Å². The molecule has 0 fully saturated rings. The summed E-state index contributed by atoms with van der Waals surface area (Å²) in [6, 6.07) is 6.93. The van der Waals surface area contributed by atoms with E-state index in [-0.39, 0.29) is 0 Å². The summed E-state index contributed by atoms with van der Waals surface area (Å²) in [5, 5.41) is 6.98. The number of nitrogens with zero attached hydrogens (tertiary/aromatic N) is 3. The van der Waals surface area contributed by atoms with E-state index in [1.54, 1.807) is 31.4 Å². The van der Waals surface area contributed by atoms with Crippen LogP contribution in [0, 0.1) is 4.91 Å². The highest BCUT2D eigenvalue weighted by Gasteiger charge is 1.98. The molecule has 0 heterocycles. The molecule has 0 N–H and O–H groups in total. The maximum Gasteiger partial charge on any atom is 0.203 e. The first-order valence-electron chi connectivity index (χ1n) is 3.69. The summed E-state index contributed by atoms with van der Waals surface area (Å²) in [4.78, 5) is 10.8. The van der Waals surface area contributed by atoms with E-state index in [1.165, 1.54) is 7.05 Å². The Morgan fingerprint density at radius 2 is 1.92 bits per heavy atom. The second-order valence-corrected chi connectivity index (χ2v) is 2.35. The van der Waals surface area contributed by atoms with Crippen LogP contribution in [-0.2, 0) is 0 Å². The molecule has 0 aliphatic carbocycles. The SMILES string of the molecule is COc1ccc(N=N[N+](C)=O)cc1. The fraction of sp³-hybridized carbons (Fsp3) is 0.250. The molecule has 0 aromatic heterocycles. The van der Waals surface area contributed by atoms with Crippen molar-refractivity contribution in [2.45, 2.75) is 0 Å². The molecule has 0 saturated heterocycles. The van der Waals surface area contributed by atoms with Gasteiger partial charge in [-0.3, -0.25) is 0 Å². The van der Waals surface area contributed by atoms with Crippen LogP contribution in [0.25, 0.3) is 0 Å². The monoisotopic (exact) mass is 180 g/mol. The van der Waals surface area contributed by atoms with Crippen molar-refractivity contribution in [3.8, 4) is 5.75 Å². The minimum atomic E-state index is 0.393. The number of hydrogen-bond donors (Lipinski definition) is 0. The Morgan fingerprint density at radius 1 is 1.31 bits per heavy atom. The first-order valence-corrected chi connectivity index (χ1v) is 3.69. The predicted molar refractivity (Wildman–Crippen MR) is 47.1 cm³/mol. The highest BCUT2D eigenvalue weighted by Crippen LogP contribution is 2.17. The van der Waals surface area contributed by atoms with Crippen LogP contribution < -0.4 is 4.74 Å². The average Bonchev–Trinajstić information content (AvgIpc) is 2.15. The Hall–Kier alpha value is -1.78. The van der Waals surface area contributed by atoms with Gasteiger partial charge < -0.3 is 4.74 Å². The first kappa shape index (κ1) is 9.31. The third-order valence-electron chi connectivity index (χ3n) is 1.36. The summed E-state index contributed by atoms with van der Waals surface area (Å²) < 4.78 is 4.95. The molecule has 0 unspecified atom stereocenters. The third kappa shape index (κ3) is 2.98. The molecular weight excluding hydrogens is 170 g/mol. The second-order valence-electron chi connectivity index (χ2n) is 2.35. The third-order valence-corrected chi connectivity index (χ3v) is 1.36. The molecule has 1 aromatic carbocycles. The summed E-state index contributed by atoms with van der Waals surface area (Å²) in [6.07, 6.45) is 0. The average molecular weight is 180 g/mol. The normalized spacial score (nSPS) is 10.3. The molecule has 0 amide bonds. The fourth-order valence-corrected chi connectivity index (χ4v) is 0.764. The number of ether oxygens (including phenoxy) is 1. The lowest BCUT2D eigenvalue weighted by Crippen LogP contribution is -1.84. The van der Waals surface area contributed by atoms with Crippen LogP contribution in [0.4, 0.5) is 5.69 Å². The molecule has 1 rings (SSSR count). The van der Waals surface area contributed by atoms with Crippen molar-refractivity contribution < 1.29 is 9.61 Å². The molecule has 5 heteroatoms. The van der Waals surface area contributed by atoms with Crippen LogP contribution in [-0.4, -0.2) is 19.0 Å². The highest BCUT2D eigenvalue weighted by molar-refractivity contribution is 5.40. The standard InChI is InChI=1S/C8H10N3O2/c1-11(12)10-9-7-3-5-8(13-2)6-4-7/h3-6H,1-2H3/q+1. The maximum absolute atomic E-state index is 10.4. The summed E-state index contributed by atoms with van der Waals surface area (Å²) in [7, 11) is 2.86. The molecule has 1 aromatic rings. The smallest absolute Gasteiger partial charge is 0.203 e. The van der Waals surface area contributed by atoms with E-state index in [4.69, 9.17) is 4.74 Å². The van der Waals surface area contributed by atoms with Gasteiger partial charge in [-0.25, -0.2) is 0 Å². The van der Waals surface area contributed by atoms with E-state index in [0.717, 1.165) is 5.75 Å². The van der Waals surface area contributed by atoms with E-state index in [9.17, 15) is 4.91 Å². The van der Waals surface area contributed by atoms with Crippen molar-refractivity contribution in [3.05, 3.63) is 29.2 Å². The van der Waals surface area contributed by atoms with Gasteiger partial charge in [0, 0.05) is 0 Å². The Balaban J connectivity index is 2.75. The van der Waals surface area contributed by atoms with Crippen LogP contribution in [0.1, 0.15) is 0 Å². The van der Waals surface area contributed by atoms with Gasteiger partial charge in [0.2, 0.25) is 5.69 Å². The van der Waals surface area contributed by atoms with Gasteiger partial charge in [-0.15, -0.1) is 0 Å². The van der Waals surface area contributed by atoms with Gasteiger partial charge in [-0.2, -0.15) is 0 Å². The van der Waals surface area contributed by atoms with Crippen molar-refractivity contribution in [1.82, 2.24) is 0 Å². The topological polar surface area (TPSA) is 54.0 Å². The zero-order valence-electron chi connectivity index (χ0n) is 7.47. The zero-order chi connectivity index (χ0) is 9.68. The summed E-state index contributed by atoms with van der Waals surface area (Å²) in [5.74, 6) is 0.745. The summed E-state index contributed by atoms with van der Waals surface area (Å²) in [5.41, 5.74) is 0.614. The largest absolute Gasteiger partial charge is 0.497 e. The Labute approximate surface area is 75.6 Å². The lowest BCUT2D eigenvalue weighted by Gasteiger charge is -1.94. The van der Waals surface area contributed by atoms with Gasteiger partial charge in [0.1, 0.15) is 12.8 Å². The van der Waals surface area contributed by atoms with Crippen molar-refractivity contribution in [2.24, 2.45) is 10.3 Å².